The molecule has 0 aliphatic rings. The molecule has 0 aliphatic heterocycles. The fraction of sp³-hybridized carbons (Fsp3) is 0.111. The summed E-state index contributed by atoms with van der Waals surface area (Å²) in [4.78, 5) is 2.61. The summed E-state index contributed by atoms with van der Waals surface area (Å²) in [5.41, 5.74) is -0.189. The van der Waals surface area contributed by atoms with Crippen LogP contribution in [0.4, 0.5) is 13.2 Å². The monoisotopic (exact) mass is 184 g/mol. The van der Waals surface area contributed by atoms with E-state index in [-0.39, 0.29) is 0 Å². The van der Waals surface area contributed by atoms with Crippen LogP contribution >= 0.6 is 0 Å². The van der Waals surface area contributed by atoms with Crippen molar-refractivity contribution in [2.24, 2.45) is 0 Å². The first-order valence-electron chi connectivity index (χ1n) is 3.63. The van der Waals surface area contributed by atoms with Gasteiger partial charge in [-0.05, 0) is 18.2 Å². The fourth-order valence-electron chi connectivity index (χ4n) is 1.16. The topological polar surface area (TPSA) is 15.8 Å². The Balaban J connectivity index is 2.61. The maximum Gasteiger partial charge on any atom is 0.416 e. The number of H-pyrrole nitrogens is 1. The van der Waals surface area contributed by atoms with Gasteiger partial charge in [-0.1, -0.05) is 6.07 Å². The molecule has 0 fully saturated rings. The normalized spacial score (nSPS) is 12.2. The summed E-state index contributed by atoms with van der Waals surface area (Å²) in [5.74, 6) is 0. The lowest BCUT2D eigenvalue weighted by molar-refractivity contribution is -0.137. The van der Waals surface area contributed by atoms with E-state index in [0.29, 0.717) is 5.52 Å². The van der Waals surface area contributed by atoms with Gasteiger partial charge in [0.1, 0.15) is 0 Å². The quantitative estimate of drug-likeness (QED) is 0.647. The third kappa shape index (κ3) is 1.39. The van der Waals surface area contributed by atoms with Crippen molar-refractivity contribution < 1.29 is 13.2 Å². The largest absolute Gasteiger partial charge is 0.416 e. The molecule has 1 aromatic heterocycles. The van der Waals surface area contributed by atoms with Crippen LogP contribution in [0.25, 0.3) is 10.9 Å². The van der Waals surface area contributed by atoms with Gasteiger partial charge in [-0.3, -0.25) is 0 Å². The first kappa shape index (κ1) is 8.16. The van der Waals surface area contributed by atoms with Gasteiger partial charge in [0.2, 0.25) is 0 Å². The Morgan fingerprint density at radius 3 is 2.69 bits per heavy atom. The number of aromatic nitrogens is 1. The van der Waals surface area contributed by atoms with Crippen molar-refractivity contribution >= 4 is 10.9 Å². The molecule has 1 radical (unpaired) electrons. The highest BCUT2D eigenvalue weighted by molar-refractivity contribution is 5.79. The molecule has 0 saturated heterocycles. The van der Waals surface area contributed by atoms with Crippen LogP contribution in [0.3, 0.4) is 0 Å². The highest BCUT2D eigenvalue weighted by Gasteiger charge is 2.30. The second-order valence-corrected chi connectivity index (χ2v) is 2.71. The van der Waals surface area contributed by atoms with Gasteiger partial charge in [0, 0.05) is 10.9 Å². The van der Waals surface area contributed by atoms with E-state index in [2.05, 4.69) is 11.2 Å². The van der Waals surface area contributed by atoms with E-state index in [4.69, 9.17) is 0 Å². The number of benzene rings is 1. The molecular weight excluding hydrogens is 179 g/mol. The highest BCUT2D eigenvalue weighted by atomic mass is 19.4. The van der Waals surface area contributed by atoms with Crippen molar-refractivity contribution in [2.45, 2.75) is 6.18 Å². The van der Waals surface area contributed by atoms with Crippen molar-refractivity contribution in [1.82, 2.24) is 4.98 Å². The minimum absolute atomic E-state index is 0.454. The summed E-state index contributed by atoms with van der Waals surface area (Å²) in [5, 5.41) is 0.730. The molecule has 1 aromatic carbocycles. The SMILES string of the molecule is FC(F)(F)c1ccc2c[c][nH]c2c1. The van der Waals surface area contributed by atoms with Gasteiger partial charge in [-0.25, -0.2) is 0 Å². The molecule has 1 heterocycles. The minimum atomic E-state index is -4.28. The first-order valence-corrected chi connectivity index (χ1v) is 3.63. The summed E-state index contributed by atoms with van der Waals surface area (Å²) < 4.78 is 36.6. The molecule has 2 rings (SSSR count). The predicted octanol–water partition coefficient (Wildman–Crippen LogP) is 2.99. The second kappa shape index (κ2) is 2.52. The zero-order chi connectivity index (χ0) is 9.47. The lowest BCUT2D eigenvalue weighted by atomic mass is 10.1. The van der Waals surface area contributed by atoms with Crippen LogP contribution in [-0.4, -0.2) is 4.98 Å². The molecule has 1 N–H and O–H groups in total. The zero-order valence-electron chi connectivity index (χ0n) is 6.44. The van der Waals surface area contributed by atoms with Crippen LogP contribution in [0.5, 0.6) is 0 Å². The molecule has 67 valence electrons. The van der Waals surface area contributed by atoms with Crippen molar-refractivity contribution in [3.63, 3.8) is 0 Å². The van der Waals surface area contributed by atoms with E-state index in [1.165, 1.54) is 6.07 Å². The minimum Gasteiger partial charge on any atom is -0.353 e. The Hall–Kier alpha value is -1.45. The highest BCUT2D eigenvalue weighted by Crippen LogP contribution is 2.30. The number of fused-ring (bicyclic) bond motifs is 1. The molecule has 0 atom stereocenters. The summed E-state index contributed by atoms with van der Waals surface area (Å²) in [6.07, 6.45) is -1.65. The van der Waals surface area contributed by atoms with E-state index >= 15 is 0 Å². The Kier molecular flexibility index (Phi) is 1.58. The lowest BCUT2D eigenvalue weighted by Gasteiger charge is -2.05. The molecule has 13 heavy (non-hydrogen) atoms. The molecule has 0 amide bonds. The molecule has 0 saturated carbocycles. The maximum absolute atomic E-state index is 12.2. The standard InChI is InChI=1S/C9H5F3N/c10-9(11,12)7-2-1-6-3-4-13-8(6)5-7/h1-3,5,13H. The van der Waals surface area contributed by atoms with Crippen molar-refractivity contribution in [2.75, 3.05) is 0 Å². The van der Waals surface area contributed by atoms with Crippen molar-refractivity contribution in [3.05, 3.63) is 36.0 Å². The van der Waals surface area contributed by atoms with Gasteiger partial charge in [-0.2, -0.15) is 13.2 Å². The summed E-state index contributed by atoms with van der Waals surface area (Å²) in [6.45, 7) is 0. The lowest BCUT2D eigenvalue weighted by Crippen LogP contribution is -2.03. The summed E-state index contributed by atoms with van der Waals surface area (Å²) in [6, 6.07) is 5.16. The average molecular weight is 184 g/mol. The van der Waals surface area contributed by atoms with Crippen LogP contribution in [0.2, 0.25) is 0 Å². The predicted molar refractivity (Wildman–Crippen MR) is 42.1 cm³/mol. The van der Waals surface area contributed by atoms with Gasteiger partial charge >= 0.3 is 6.18 Å². The number of alkyl halides is 3. The molecule has 0 spiro atoms. The molecule has 0 aliphatic carbocycles. The maximum atomic E-state index is 12.2. The molecule has 1 nitrogen and oxygen atoms in total. The van der Waals surface area contributed by atoms with Gasteiger partial charge in [0.05, 0.1) is 11.8 Å². The van der Waals surface area contributed by atoms with E-state index in [0.717, 1.165) is 17.5 Å². The summed E-state index contributed by atoms with van der Waals surface area (Å²) >= 11 is 0. The second-order valence-electron chi connectivity index (χ2n) is 2.71. The van der Waals surface area contributed by atoms with E-state index in [1.54, 1.807) is 6.07 Å². The molecule has 2 aromatic rings. The number of halogens is 3. The van der Waals surface area contributed by atoms with Gasteiger partial charge in [0.25, 0.3) is 0 Å². The van der Waals surface area contributed by atoms with Crippen molar-refractivity contribution in [1.29, 1.82) is 0 Å². The Labute approximate surface area is 72.2 Å². The van der Waals surface area contributed by atoms with Gasteiger partial charge in [0.15, 0.2) is 0 Å². The number of aromatic amines is 1. The Morgan fingerprint density at radius 1 is 1.23 bits per heavy atom. The third-order valence-corrected chi connectivity index (χ3v) is 1.82. The molecule has 0 unspecified atom stereocenters. The number of hydrogen-bond donors (Lipinski definition) is 1. The fourth-order valence-corrected chi connectivity index (χ4v) is 1.16. The Morgan fingerprint density at radius 2 is 2.00 bits per heavy atom. The third-order valence-electron chi connectivity index (χ3n) is 1.82. The average Bonchev–Trinajstić information content (AvgIpc) is 2.47. The smallest absolute Gasteiger partial charge is 0.353 e. The van der Waals surface area contributed by atoms with Gasteiger partial charge in [-0.15, -0.1) is 0 Å². The number of nitrogens with one attached hydrogen (secondary N) is 1. The molecular formula is C9H5F3N. The van der Waals surface area contributed by atoms with Crippen LogP contribution in [-0.2, 0) is 6.18 Å². The first-order chi connectivity index (χ1) is 6.07. The molecule has 0 bridgehead atoms. The Bertz CT molecular complexity index is 428. The van der Waals surface area contributed by atoms with E-state index < -0.39 is 11.7 Å². The van der Waals surface area contributed by atoms with Crippen LogP contribution in [0.15, 0.2) is 24.3 Å². The van der Waals surface area contributed by atoms with E-state index in [9.17, 15) is 13.2 Å². The number of hydrogen-bond acceptors (Lipinski definition) is 0. The van der Waals surface area contributed by atoms with Crippen LogP contribution in [0, 0.1) is 6.20 Å². The number of rotatable bonds is 0. The zero-order valence-corrected chi connectivity index (χ0v) is 6.44. The van der Waals surface area contributed by atoms with Crippen molar-refractivity contribution in [3.8, 4) is 0 Å². The summed E-state index contributed by atoms with van der Waals surface area (Å²) in [7, 11) is 0. The van der Waals surface area contributed by atoms with Crippen LogP contribution in [0.1, 0.15) is 5.56 Å². The van der Waals surface area contributed by atoms with Gasteiger partial charge < -0.3 is 4.98 Å². The molecule has 4 heteroatoms. The van der Waals surface area contributed by atoms with Crippen LogP contribution < -0.4 is 0 Å². The van der Waals surface area contributed by atoms with E-state index in [1.807, 2.05) is 0 Å².